The summed E-state index contributed by atoms with van der Waals surface area (Å²) in [5.74, 6) is 0.465. The summed E-state index contributed by atoms with van der Waals surface area (Å²) in [6.45, 7) is 3.42. The van der Waals surface area contributed by atoms with Crippen molar-refractivity contribution in [2.24, 2.45) is 0 Å². The Hall–Kier alpha value is -1.87. The van der Waals surface area contributed by atoms with Gasteiger partial charge in [0, 0.05) is 18.7 Å². The van der Waals surface area contributed by atoms with E-state index in [1.54, 1.807) is 13.2 Å². The molecule has 2 aromatic rings. The highest BCUT2D eigenvalue weighted by atomic mass is 19.1. The van der Waals surface area contributed by atoms with Crippen molar-refractivity contribution in [2.45, 2.75) is 20.0 Å². The molecule has 0 fully saturated rings. The summed E-state index contributed by atoms with van der Waals surface area (Å²) in [5, 5.41) is 3.31. The van der Waals surface area contributed by atoms with Gasteiger partial charge in [-0.25, -0.2) is 4.39 Å². The summed E-state index contributed by atoms with van der Waals surface area (Å²) in [4.78, 5) is 0. The summed E-state index contributed by atoms with van der Waals surface area (Å²) in [6.07, 6.45) is 0. The van der Waals surface area contributed by atoms with E-state index >= 15 is 0 Å². The third kappa shape index (κ3) is 3.55. The van der Waals surface area contributed by atoms with Crippen LogP contribution in [0.5, 0.6) is 5.75 Å². The van der Waals surface area contributed by atoms with E-state index < -0.39 is 0 Å². The number of aryl methyl sites for hydroxylation is 1. The Morgan fingerprint density at radius 3 is 2.53 bits per heavy atom. The lowest BCUT2D eigenvalue weighted by Gasteiger charge is -2.11. The van der Waals surface area contributed by atoms with Crippen molar-refractivity contribution >= 4 is 0 Å². The van der Waals surface area contributed by atoms with Crippen LogP contribution < -0.4 is 10.1 Å². The second-order valence-corrected chi connectivity index (χ2v) is 4.49. The Morgan fingerprint density at radius 2 is 1.79 bits per heavy atom. The van der Waals surface area contributed by atoms with E-state index in [4.69, 9.17) is 4.74 Å². The molecule has 0 aromatic heterocycles. The topological polar surface area (TPSA) is 21.3 Å². The molecule has 3 heteroatoms. The standard InChI is InChI=1S/C16H18FNO/c1-12-5-3-4-6-13(12)10-18-11-14-9-15(17)7-8-16(14)19-2/h3-9,18H,10-11H2,1-2H3. The zero-order valence-corrected chi connectivity index (χ0v) is 11.2. The van der Waals surface area contributed by atoms with Crippen molar-refractivity contribution in [3.63, 3.8) is 0 Å². The van der Waals surface area contributed by atoms with E-state index in [9.17, 15) is 4.39 Å². The van der Waals surface area contributed by atoms with Crippen molar-refractivity contribution < 1.29 is 9.13 Å². The van der Waals surface area contributed by atoms with Crippen LogP contribution in [0.3, 0.4) is 0 Å². The Bertz CT molecular complexity index is 554. The summed E-state index contributed by atoms with van der Waals surface area (Å²) < 4.78 is 18.4. The molecule has 2 aromatic carbocycles. The van der Waals surface area contributed by atoms with E-state index in [0.717, 1.165) is 12.1 Å². The van der Waals surface area contributed by atoms with Crippen molar-refractivity contribution in [3.05, 3.63) is 65.0 Å². The molecule has 0 unspecified atom stereocenters. The first-order chi connectivity index (χ1) is 9.20. The summed E-state index contributed by atoms with van der Waals surface area (Å²) >= 11 is 0. The van der Waals surface area contributed by atoms with Crippen LogP contribution in [0.1, 0.15) is 16.7 Å². The van der Waals surface area contributed by atoms with Crippen LogP contribution in [0.15, 0.2) is 42.5 Å². The Labute approximate surface area is 113 Å². The largest absolute Gasteiger partial charge is 0.496 e. The summed E-state index contributed by atoms with van der Waals surface area (Å²) in [5.41, 5.74) is 3.33. The van der Waals surface area contributed by atoms with Crippen LogP contribution in [0.4, 0.5) is 4.39 Å². The highest BCUT2D eigenvalue weighted by Crippen LogP contribution is 2.19. The van der Waals surface area contributed by atoms with E-state index in [1.165, 1.54) is 23.3 Å². The summed E-state index contributed by atoms with van der Waals surface area (Å²) in [7, 11) is 1.60. The lowest BCUT2D eigenvalue weighted by atomic mass is 10.1. The van der Waals surface area contributed by atoms with Gasteiger partial charge in [-0.2, -0.15) is 0 Å². The van der Waals surface area contributed by atoms with Crippen LogP contribution in [0, 0.1) is 12.7 Å². The Balaban J connectivity index is 2.00. The lowest BCUT2D eigenvalue weighted by Crippen LogP contribution is -2.14. The van der Waals surface area contributed by atoms with Crippen molar-refractivity contribution in [1.82, 2.24) is 5.32 Å². The fourth-order valence-electron chi connectivity index (χ4n) is 2.03. The van der Waals surface area contributed by atoms with E-state index in [0.29, 0.717) is 12.3 Å². The molecule has 0 bridgehead atoms. The normalized spacial score (nSPS) is 10.5. The maximum absolute atomic E-state index is 13.2. The molecular formula is C16H18FNO. The smallest absolute Gasteiger partial charge is 0.123 e. The van der Waals surface area contributed by atoms with Gasteiger partial charge in [0.1, 0.15) is 11.6 Å². The molecule has 0 spiro atoms. The molecule has 0 atom stereocenters. The van der Waals surface area contributed by atoms with Crippen LogP contribution in [0.25, 0.3) is 0 Å². The van der Waals surface area contributed by atoms with E-state index in [1.807, 2.05) is 12.1 Å². The maximum atomic E-state index is 13.2. The maximum Gasteiger partial charge on any atom is 0.123 e. The fraction of sp³-hybridized carbons (Fsp3) is 0.250. The number of rotatable bonds is 5. The SMILES string of the molecule is COc1ccc(F)cc1CNCc1ccccc1C. The second-order valence-electron chi connectivity index (χ2n) is 4.49. The first kappa shape index (κ1) is 13.6. The second kappa shape index (κ2) is 6.34. The Morgan fingerprint density at radius 1 is 1.05 bits per heavy atom. The number of nitrogens with one attached hydrogen (secondary N) is 1. The number of halogens is 1. The van der Waals surface area contributed by atoms with Crippen LogP contribution in [-0.4, -0.2) is 7.11 Å². The third-order valence-electron chi connectivity index (χ3n) is 3.13. The molecule has 0 aliphatic heterocycles. The van der Waals surface area contributed by atoms with Crippen LogP contribution in [0.2, 0.25) is 0 Å². The minimum atomic E-state index is -0.242. The monoisotopic (exact) mass is 259 g/mol. The molecule has 19 heavy (non-hydrogen) atoms. The lowest BCUT2D eigenvalue weighted by molar-refractivity contribution is 0.406. The molecule has 0 aliphatic carbocycles. The number of hydrogen-bond acceptors (Lipinski definition) is 2. The summed E-state index contributed by atoms with van der Waals surface area (Å²) in [6, 6.07) is 12.8. The highest BCUT2D eigenvalue weighted by Gasteiger charge is 2.04. The first-order valence-electron chi connectivity index (χ1n) is 6.28. The van der Waals surface area contributed by atoms with Crippen molar-refractivity contribution in [2.75, 3.05) is 7.11 Å². The average Bonchev–Trinajstić information content (AvgIpc) is 2.41. The zero-order chi connectivity index (χ0) is 13.7. The van der Waals surface area contributed by atoms with Crippen LogP contribution >= 0.6 is 0 Å². The minimum Gasteiger partial charge on any atom is -0.496 e. The molecule has 0 aliphatic rings. The van der Waals surface area contributed by atoms with E-state index in [-0.39, 0.29) is 5.82 Å². The molecule has 0 saturated carbocycles. The predicted octanol–water partition coefficient (Wildman–Crippen LogP) is 3.43. The van der Waals surface area contributed by atoms with Crippen LogP contribution in [-0.2, 0) is 13.1 Å². The van der Waals surface area contributed by atoms with Crippen molar-refractivity contribution in [3.8, 4) is 5.75 Å². The van der Waals surface area contributed by atoms with Gasteiger partial charge in [0.25, 0.3) is 0 Å². The molecular weight excluding hydrogens is 241 g/mol. The van der Waals surface area contributed by atoms with Gasteiger partial charge in [-0.15, -0.1) is 0 Å². The number of hydrogen-bond donors (Lipinski definition) is 1. The highest BCUT2D eigenvalue weighted by molar-refractivity contribution is 5.34. The van der Waals surface area contributed by atoms with Gasteiger partial charge >= 0.3 is 0 Å². The Kier molecular flexibility index (Phi) is 4.53. The number of ether oxygens (including phenoxy) is 1. The van der Waals surface area contributed by atoms with Gasteiger partial charge in [0.2, 0.25) is 0 Å². The zero-order valence-electron chi connectivity index (χ0n) is 11.2. The van der Waals surface area contributed by atoms with E-state index in [2.05, 4.69) is 24.4 Å². The minimum absolute atomic E-state index is 0.242. The number of benzene rings is 2. The molecule has 100 valence electrons. The van der Waals surface area contributed by atoms with Gasteiger partial charge in [0.15, 0.2) is 0 Å². The molecule has 0 heterocycles. The molecule has 2 nitrogen and oxygen atoms in total. The molecule has 0 amide bonds. The van der Waals surface area contributed by atoms with Gasteiger partial charge in [-0.3, -0.25) is 0 Å². The van der Waals surface area contributed by atoms with Gasteiger partial charge in [-0.05, 0) is 36.2 Å². The first-order valence-corrected chi connectivity index (χ1v) is 6.28. The molecule has 2 rings (SSSR count). The predicted molar refractivity (Wildman–Crippen MR) is 74.7 cm³/mol. The molecule has 1 N–H and O–H groups in total. The van der Waals surface area contributed by atoms with Gasteiger partial charge in [0.05, 0.1) is 7.11 Å². The fourth-order valence-corrected chi connectivity index (χ4v) is 2.03. The quantitative estimate of drug-likeness (QED) is 0.888. The number of methoxy groups -OCH3 is 1. The third-order valence-corrected chi connectivity index (χ3v) is 3.13. The molecule has 0 saturated heterocycles. The van der Waals surface area contributed by atoms with Gasteiger partial charge in [-0.1, -0.05) is 24.3 Å². The average molecular weight is 259 g/mol. The molecule has 0 radical (unpaired) electrons. The van der Waals surface area contributed by atoms with Crippen molar-refractivity contribution in [1.29, 1.82) is 0 Å². The van der Waals surface area contributed by atoms with Gasteiger partial charge < -0.3 is 10.1 Å².